The van der Waals surface area contributed by atoms with Crippen LogP contribution in [-0.2, 0) is 19.1 Å². The molecular formula is C26H38N4O5. The lowest BCUT2D eigenvalue weighted by molar-refractivity contribution is -0.145. The molecule has 0 saturated carbocycles. The predicted molar refractivity (Wildman–Crippen MR) is 133 cm³/mol. The van der Waals surface area contributed by atoms with Crippen molar-refractivity contribution < 1.29 is 24.2 Å². The van der Waals surface area contributed by atoms with Crippen molar-refractivity contribution in [2.45, 2.75) is 64.3 Å². The maximum Gasteiger partial charge on any atom is 0.250 e. The molecule has 35 heavy (non-hydrogen) atoms. The fraction of sp³-hybridized carbons (Fsp3) is 0.654. The molecule has 2 bridgehead atoms. The van der Waals surface area contributed by atoms with Crippen LogP contribution in [0.3, 0.4) is 0 Å². The van der Waals surface area contributed by atoms with Crippen LogP contribution in [0.1, 0.15) is 40.5 Å². The molecule has 3 saturated heterocycles. The minimum Gasteiger partial charge on any atom is -0.394 e. The summed E-state index contributed by atoms with van der Waals surface area (Å²) in [5.41, 5.74) is 0.612. The predicted octanol–water partition coefficient (Wildman–Crippen LogP) is 1.61. The van der Waals surface area contributed by atoms with Crippen molar-refractivity contribution in [2.75, 3.05) is 37.0 Å². The number of anilines is 2. The second kappa shape index (κ2) is 9.78. The first-order chi connectivity index (χ1) is 16.7. The van der Waals surface area contributed by atoms with Gasteiger partial charge in [-0.25, -0.2) is 0 Å². The van der Waals surface area contributed by atoms with Crippen molar-refractivity contribution in [2.24, 2.45) is 17.8 Å². The van der Waals surface area contributed by atoms with Crippen molar-refractivity contribution >= 4 is 29.1 Å². The van der Waals surface area contributed by atoms with E-state index >= 15 is 0 Å². The van der Waals surface area contributed by atoms with Gasteiger partial charge in [0.25, 0.3) is 0 Å². The summed E-state index contributed by atoms with van der Waals surface area (Å²) < 4.78 is 6.37. The van der Waals surface area contributed by atoms with Crippen molar-refractivity contribution in [3.05, 3.63) is 24.3 Å². The van der Waals surface area contributed by atoms with Crippen LogP contribution in [0.2, 0.25) is 0 Å². The van der Waals surface area contributed by atoms with Gasteiger partial charge in [-0.15, -0.1) is 0 Å². The first-order valence-corrected chi connectivity index (χ1v) is 12.7. The number of carbonyl (C=O) groups is 3. The number of hydrogen-bond donors (Lipinski definition) is 3. The number of nitrogens with zero attached hydrogens (tertiary/aromatic N) is 2. The van der Waals surface area contributed by atoms with Gasteiger partial charge in [0.15, 0.2) is 0 Å². The lowest BCUT2D eigenvalue weighted by Crippen LogP contribution is -2.57. The van der Waals surface area contributed by atoms with Crippen LogP contribution in [0.5, 0.6) is 0 Å². The normalized spacial score (nSPS) is 29.9. The Morgan fingerprint density at radius 2 is 1.86 bits per heavy atom. The van der Waals surface area contributed by atoms with Crippen LogP contribution in [0.15, 0.2) is 24.3 Å². The number of aliphatic hydroxyl groups excluding tert-OH is 1. The highest BCUT2D eigenvalue weighted by atomic mass is 16.5. The van der Waals surface area contributed by atoms with E-state index in [0.717, 1.165) is 18.8 Å². The lowest BCUT2D eigenvalue weighted by Gasteiger charge is -2.38. The number of amides is 3. The van der Waals surface area contributed by atoms with Gasteiger partial charge in [-0.1, -0.05) is 13.8 Å². The molecule has 3 N–H and O–H groups in total. The van der Waals surface area contributed by atoms with Gasteiger partial charge in [0.1, 0.15) is 11.6 Å². The van der Waals surface area contributed by atoms with E-state index in [9.17, 15) is 19.5 Å². The van der Waals surface area contributed by atoms with Gasteiger partial charge in [-0.3, -0.25) is 14.4 Å². The van der Waals surface area contributed by atoms with E-state index in [0.29, 0.717) is 18.5 Å². The average Bonchev–Trinajstić information content (AvgIpc) is 3.48. The number of hydrogen-bond acceptors (Lipinski definition) is 6. The first kappa shape index (κ1) is 25.4. The van der Waals surface area contributed by atoms with Crippen molar-refractivity contribution in [1.29, 1.82) is 0 Å². The van der Waals surface area contributed by atoms with Crippen LogP contribution >= 0.6 is 0 Å². The minimum absolute atomic E-state index is 0.0847. The highest BCUT2D eigenvalue weighted by Crippen LogP contribution is 2.59. The fourth-order valence-electron chi connectivity index (χ4n) is 6.39. The molecule has 0 aromatic heterocycles. The highest BCUT2D eigenvalue weighted by molar-refractivity contribution is 6.03. The molecule has 6 atom stereocenters. The van der Waals surface area contributed by atoms with Crippen molar-refractivity contribution in [3.63, 3.8) is 0 Å². The minimum atomic E-state index is -1.08. The van der Waals surface area contributed by atoms with Gasteiger partial charge in [0.05, 0.1) is 30.6 Å². The fourth-order valence-corrected chi connectivity index (χ4v) is 6.39. The number of rotatable bonds is 9. The third kappa shape index (κ3) is 3.98. The first-order valence-electron chi connectivity index (χ1n) is 12.7. The van der Waals surface area contributed by atoms with E-state index in [-0.39, 0.29) is 36.4 Å². The molecule has 1 aromatic carbocycles. The van der Waals surface area contributed by atoms with Crippen molar-refractivity contribution in [1.82, 2.24) is 10.2 Å². The lowest BCUT2D eigenvalue weighted by atomic mass is 9.70. The largest absolute Gasteiger partial charge is 0.394 e. The molecule has 2 unspecified atom stereocenters. The highest BCUT2D eigenvalue weighted by Gasteiger charge is 2.75. The number of benzene rings is 1. The summed E-state index contributed by atoms with van der Waals surface area (Å²) in [6, 6.07) is 6.15. The summed E-state index contributed by atoms with van der Waals surface area (Å²) in [4.78, 5) is 44.1. The summed E-state index contributed by atoms with van der Waals surface area (Å²) in [5, 5.41) is 15.9. The molecule has 3 aliphatic heterocycles. The number of fused-ring (bicyclic) bond motifs is 1. The number of carbonyl (C=O) groups excluding carboxylic acids is 3. The van der Waals surface area contributed by atoms with Gasteiger partial charge in [-0.05, 0) is 56.9 Å². The Hall–Kier alpha value is -2.65. The average molecular weight is 487 g/mol. The molecule has 4 rings (SSSR count). The Morgan fingerprint density at radius 1 is 1.20 bits per heavy atom. The Labute approximate surface area is 207 Å². The Balaban J connectivity index is 1.68. The van der Waals surface area contributed by atoms with Crippen LogP contribution in [0.4, 0.5) is 11.4 Å². The summed E-state index contributed by atoms with van der Waals surface area (Å²) in [6.45, 7) is 9.50. The molecule has 3 fully saturated rings. The van der Waals surface area contributed by atoms with Gasteiger partial charge in [0.2, 0.25) is 17.7 Å². The van der Waals surface area contributed by atoms with E-state index in [1.165, 1.54) is 4.90 Å². The van der Waals surface area contributed by atoms with Gasteiger partial charge in [0, 0.05) is 31.5 Å². The van der Waals surface area contributed by atoms with E-state index < -0.39 is 29.5 Å². The van der Waals surface area contributed by atoms with Crippen LogP contribution < -0.4 is 15.5 Å². The van der Waals surface area contributed by atoms with Crippen LogP contribution in [-0.4, -0.2) is 78.3 Å². The van der Waals surface area contributed by atoms with Crippen molar-refractivity contribution in [3.8, 4) is 0 Å². The monoisotopic (exact) mass is 486 g/mol. The molecule has 9 heteroatoms. The smallest absolute Gasteiger partial charge is 0.250 e. The Morgan fingerprint density at radius 3 is 2.40 bits per heavy atom. The zero-order valence-corrected chi connectivity index (χ0v) is 21.3. The second-order valence-corrected chi connectivity index (χ2v) is 10.1. The van der Waals surface area contributed by atoms with Crippen LogP contribution in [0, 0.1) is 17.8 Å². The zero-order chi connectivity index (χ0) is 25.5. The Kier molecular flexibility index (Phi) is 7.11. The molecule has 192 valence electrons. The van der Waals surface area contributed by atoms with Gasteiger partial charge < -0.3 is 30.3 Å². The molecule has 9 nitrogen and oxygen atoms in total. The summed E-state index contributed by atoms with van der Waals surface area (Å²) in [7, 11) is 1.55. The van der Waals surface area contributed by atoms with E-state index in [2.05, 4.69) is 29.4 Å². The third-order valence-corrected chi connectivity index (χ3v) is 8.11. The zero-order valence-electron chi connectivity index (χ0n) is 21.3. The number of aliphatic hydroxyl groups is 1. The quantitative estimate of drug-likeness (QED) is 0.489. The maximum absolute atomic E-state index is 13.8. The number of nitrogens with one attached hydrogen (secondary N) is 2. The Bertz CT molecular complexity index is 963. The van der Waals surface area contributed by atoms with E-state index in [1.807, 2.05) is 38.1 Å². The van der Waals surface area contributed by atoms with Gasteiger partial charge >= 0.3 is 0 Å². The molecule has 0 radical (unpaired) electrons. The molecule has 1 spiro atoms. The number of ether oxygens (including phenoxy) is 1. The molecule has 3 aliphatic rings. The van der Waals surface area contributed by atoms with Gasteiger partial charge in [-0.2, -0.15) is 0 Å². The van der Waals surface area contributed by atoms with E-state index in [1.54, 1.807) is 7.05 Å². The SMILES string of the molecule is CCN(CC)c1ccc(NC(=O)C2N([C@@H](CO)C(C)C)C(=O)[C@@H]3[C@@H](C(=O)NC)[C@H]4CCC23O4)cc1. The second-order valence-electron chi connectivity index (χ2n) is 10.1. The molecule has 1 aromatic rings. The molecule has 3 heterocycles. The van der Waals surface area contributed by atoms with E-state index in [4.69, 9.17) is 4.74 Å². The summed E-state index contributed by atoms with van der Waals surface area (Å²) >= 11 is 0. The standard InChI is InChI=1S/C26H38N4O5/c1-6-29(7-2)17-10-8-16(9-11-17)28-24(33)22-26-13-12-19(35-26)20(23(32)27-5)21(26)25(34)30(22)18(14-31)15(3)4/h8-11,15,18-22,31H,6-7,12-14H2,1-5H3,(H,27,32)(H,28,33)/t18-,19+,20-,21-,22?,26?/m0/s1. The van der Waals surface area contributed by atoms with Crippen LogP contribution in [0.25, 0.3) is 0 Å². The topological polar surface area (TPSA) is 111 Å². The summed E-state index contributed by atoms with van der Waals surface area (Å²) in [6.07, 6.45) is 0.748. The third-order valence-electron chi connectivity index (χ3n) is 8.11. The molecule has 0 aliphatic carbocycles. The molecule has 3 amide bonds. The molecular weight excluding hydrogens is 448 g/mol. The maximum atomic E-state index is 13.8. The summed E-state index contributed by atoms with van der Waals surface area (Å²) in [5.74, 6) is -2.35. The number of likely N-dealkylation sites (tertiary alicyclic amines) is 1.